The Morgan fingerprint density at radius 1 is 1.24 bits per heavy atom. The van der Waals surface area contributed by atoms with E-state index in [-0.39, 0.29) is 5.56 Å². The number of hydrogen-bond acceptors (Lipinski definition) is 1. The smallest absolute Gasteiger partial charge is 0.307 e. The summed E-state index contributed by atoms with van der Waals surface area (Å²) in [5.74, 6) is -5.73. The van der Waals surface area contributed by atoms with Gasteiger partial charge in [-0.05, 0) is 5.41 Å². The van der Waals surface area contributed by atoms with Gasteiger partial charge in [0.1, 0.15) is 17.5 Å². The fraction of sp³-hybridized carbons (Fsp3) is 0.417. The Balaban J connectivity index is 2.47. The van der Waals surface area contributed by atoms with Crippen molar-refractivity contribution >= 4 is 5.97 Å². The summed E-state index contributed by atoms with van der Waals surface area (Å²) in [4.78, 5) is 10.9. The number of halogens is 3. The highest BCUT2D eigenvalue weighted by Gasteiger charge is 2.64. The molecule has 1 aromatic carbocycles. The molecule has 17 heavy (non-hydrogen) atoms. The van der Waals surface area contributed by atoms with E-state index in [1.54, 1.807) is 13.8 Å². The topological polar surface area (TPSA) is 37.3 Å². The molecule has 1 aliphatic carbocycles. The average Bonchev–Trinajstić information content (AvgIpc) is 2.67. The zero-order chi connectivity index (χ0) is 13.0. The van der Waals surface area contributed by atoms with Crippen molar-refractivity contribution < 1.29 is 23.1 Å². The van der Waals surface area contributed by atoms with E-state index in [2.05, 4.69) is 0 Å². The number of hydrogen-bond donors (Lipinski definition) is 1. The van der Waals surface area contributed by atoms with Gasteiger partial charge in [0.05, 0.1) is 5.92 Å². The molecule has 0 heterocycles. The number of rotatable bonds is 2. The molecular formula is C12H11F3O2. The second-order valence-electron chi connectivity index (χ2n) is 4.90. The predicted molar refractivity (Wildman–Crippen MR) is 54.0 cm³/mol. The van der Waals surface area contributed by atoms with Crippen molar-refractivity contribution in [2.24, 2.45) is 11.3 Å². The van der Waals surface area contributed by atoms with E-state index >= 15 is 0 Å². The molecule has 2 nitrogen and oxygen atoms in total. The van der Waals surface area contributed by atoms with Crippen molar-refractivity contribution in [3.8, 4) is 0 Å². The van der Waals surface area contributed by atoms with Crippen LogP contribution in [0.15, 0.2) is 12.1 Å². The average molecular weight is 244 g/mol. The number of benzene rings is 1. The number of carboxylic acid groups (broad SMARTS) is 1. The minimum atomic E-state index is -1.09. The van der Waals surface area contributed by atoms with Crippen molar-refractivity contribution in [1.82, 2.24) is 0 Å². The Kier molecular flexibility index (Phi) is 2.45. The highest BCUT2D eigenvalue weighted by Crippen LogP contribution is 2.65. The van der Waals surface area contributed by atoms with Crippen molar-refractivity contribution in [3.05, 3.63) is 35.1 Å². The van der Waals surface area contributed by atoms with E-state index in [9.17, 15) is 18.0 Å². The molecule has 0 unspecified atom stereocenters. The summed E-state index contributed by atoms with van der Waals surface area (Å²) in [6, 6.07) is 1.15. The molecule has 2 rings (SSSR count). The van der Waals surface area contributed by atoms with E-state index in [1.165, 1.54) is 0 Å². The summed E-state index contributed by atoms with van der Waals surface area (Å²) in [5, 5.41) is 8.94. The van der Waals surface area contributed by atoms with Gasteiger partial charge >= 0.3 is 5.97 Å². The van der Waals surface area contributed by atoms with Gasteiger partial charge in [-0.15, -0.1) is 0 Å². The monoisotopic (exact) mass is 244 g/mol. The molecule has 0 spiro atoms. The Morgan fingerprint density at radius 3 is 2.06 bits per heavy atom. The van der Waals surface area contributed by atoms with Crippen LogP contribution in [0.1, 0.15) is 25.3 Å². The van der Waals surface area contributed by atoms with E-state index in [1.807, 2.05) is 0 Å². The third-order valence-corrected chi connectivity index (χ3v) is 3.45. The normalized spacial score (nSPS) is 25.7. The minimum absolute atomic E-state index is 0.330. The van der Waals surface area contributed by atoms with Crippen molar-refractivity contribution in [2.75, 3.05) is 0 Å². The van der Waals surface area contributed by atoms with Crippen LogP contribution >= 0.6 is 0 Å². The fourth-order valence-electron chi connectivity index (χ4n) is 2.49. The Morgan fingerprint density at radius 2 is 1.71 bits per heavy atom. The Bertz CT molecular complexity index is 474. The largest absolute Gasteiger partial charge is 0.481 e. The standard InChI is InChI=1S/C12H11F3O2/c1-12(2)9(10(12)11(16)17)8-6(14)3-5(13)4-7(8)15/h3-4,9-10H,1-2H3,(H,16,17)/t9-,10+/m1/s1. The molecule has 1 aromatic rings. The third kappa shape index (κ3) is 1.69. The zero-order valence-electron chi connectivity index (χ0n) is 9.30. The lowest BCUT2D eigenvalue weighted by Crippen LogP contribution is -2.03. The highest BCUT2D eigenvalue weighted by molar-refractivity contribution is 5.77. The molecular weight excluding hydrogens is 233 g/mol. The van der Waals surface area contributed by atoms with E-state index in [4.69, 9.17) is 5.11 Å². The Hall–Kier alpha value is -1.52. The molecule has 0 aromatic heterocycles. The number of carboxylic acids is 1. The fourth-order valence-corrected chi connectivity index (χ4v) is 2.49. The van der Waals surface area contributed by atoms with Crippen LogP contribution in [0.3, 0.4) is 0 Å². The van der Waals surface area contributed by atoms with Gasteiger partial charge < -0.3 is 5.11 Å². The molecule has 0 bridgehead atoms. The van der Waals surface area contributed by atoms with Crippen molar-refractivity contribution in [3.63, 3.8) is 0 Å². The molecule has 5 heteroatoms. The van der Waals surface area contributed by atoms with Crippen molar-refractivity contribution in [1.29, 1.82) is 0 Å². The first-order valence-electron chi connectivity index (χ1n) is 5.14. The van der Waals surface area contributed by atoms with Gasteiger partial charge in [0.2, 0.25) is 0 Å². The van der Waals surface area contributed by atoms with Gasteiger partial charge in [-0.2, -0.15) is 0 Å². The summed E-state index contributed by atoms with van der Waals surface area (Å²) >= 11 is 0. The number of carbonyl (C=O) groups is 1. The molecule has 1 aliphatic rings. The maximum absolute atomic E-state index is 13.5. The SMILES string of the molecule is CC1(C)[C@H](C(=O)O)[C@H]1c1c(F)cc(F)cc1F. The first-order chi connectivity index (χ1) is 7.76. The number of aliphatic carboxylic acids is 1. The molecule has 0 saturated heterocycles. The maximum atomic E-state index is 13.5. The second-order valence-corrected chi connectivity index (χ2v) is 4.90. The summed E-state index contributed by atoms with van der Waals surface area (Å²) in [6.45, 7) is 3.25. The van der Waals surface area contributed by atoms with Crippen LogP contribution in [0.25, 0.3) is 0 Å². The van der Waals surface area contributed by atoms with Crippen LogP contribution in [0, 0.1) is 28.8 Å². The molecule has 2 atom stereocenters. The van der Waals surface area contributed by atoms with Gasteiger partial charge in [0.15, 0.2) is 0 Å². The lowest BCUT2D eigenvalue weighted by molar-refractivity contribution is -0.139. The van der Waals surface area contributed by atoms with Gasteiger partial charge in [0, 0.05) is 23.6 Å². The van der Waals surface area contributed by atoms with Crippen molar-refractivity contribution in [2.45, 2.75) is 19.8 Å². The minimum Gasteiger partial charge on any atom is -0.481 e. The first kappa shape index (κ1) is 12.0. The summed E-state index contributed by atoms with van der Waals surface area (Å²) in [5.41, 5.74) is -1.05. The molecule has 1 saturated carbocycles. The van der Waals surface area contributed by atoms with Gasteiger partial charge in [-0.1, -0.05) is 13.8 Å². The first-order valence-corrected chi connectivity index (χ1v) is 5.14. The Labute approximate surface area is 96.1 Å². The molecule has 92 valence electrons. The van der Waals surface area contributed by atoms with Crippen LogP contribution < -0.4 is 0 Å². The molecule has 0 radical (unpaired) electrons. The maximum Gasteiger partial charge on any atom is 0.307 e. The quantitative estimate of drug-likeness (QED) is 0.868. The lowest BCUT2D eigenvalue weighted by Gasteiger charge is -2.06. The summed E-state index contributed by atoms with van der Waals surface area (Å²) < 4.78 is 39.8. The molecule has 0 aliphatic heterocycles. The predicted octanol–water partition coefficient (Wildman–Crippen LogP) is 2.93. The van der Waals surface area contributed by atoms with E-state index in [0.29, 0.717) is 12.1 Å². The summed E-state index contributed by atoms with van der Waals surface area (Å²) in [6.07, 6.45) is 0. The highest BCUT2D eigenvalue weighted by atomic mass is 19.1. The van der Waals surface area contributed by atoms with Crippen LogP contribution in [0.2, 0.25) is 0 Å². The van der Waals surface area contributed by atoms with Crippen LogP contribution in [0.4, 0.5) is 13.2 Å². The van der Waals surface area contributed by atoms with Gasteiger partial charge in [0.25, 0.3) is 0 Å². The van der Waals surface area contributed by atoms with E-state index < -0.39 is 40.7 Å². The summed E-state index contributed by atoms with van der Waals surface area (Å²) in [7, 11) is 0. The second kappa shape index (κ2) is 3.48. The third-order valence-electron chi connectivity index (χ3n) is 3.45. The lowest BCUT2D eigenvalue weighted by atomic mass is 10.0. The van der Waals surface area contributed by atoms with Gasteiger partial charge in [-0.25, -0.2) is 13.2 Å². The molecule has 1 N–H and O–H groups in total. The van der Waals surface area contributed by atoms with Crippen LogP contribution in [-0.2, 0) is 4.79 Å². The zero-order valence-corrected chi connectivity index (χ0v) is 9.30. The molecule has 1 fully saturated rings. The van der Waals surface area contributed by atoms with Crippen LogP contribution in [-0.4, -0.2) is 11.1 Å². The van der Waals surface area contributed by atoms with Crippen LogP contribution in [0.5, 0.6) is 0 Å². The molecule has 0 amide bonds. The van der Waals surface area contributed by atoms with E-state index in [0.717, 1.165) is 0 Å². The van der Waals surface area contributed by atoms with Gasteiger partial charge in [-0.3, -0.25) is 4.79 Å².